The Morgan fingerprint density at radius 2 is 1.45 bits per heavy atom. The molecule has 0 amide bonds. The summed E-state index contributed by atoms with van der Waals surface area (Å²) < 4.78 is 25.9. The molecule has 0 aromatic heterocycles. The minimum absolute atomic E-state index is 0.214. The number of aryl methyl sites for hydroxylation is 1. The molecule has 1 N–H and O–H groups in total. The number of anilines is 1. The minimum Gasteiger partial charge on any atom is -0.507 e. The SMILES string of the molecule is Cc1ccc(-c2ccc(O)c3ccccc23)c(C#CN(c2ccccc2)S(C)(=O)=O)c1. The standard InChI is InChI=1S/C26H21NO3S/c1-19-12-13-22(24-14-15-26(28)25-11-7-6-10-23(24)25)20(18-19)16-17-27(31(2,29)30)21-8-4-3-5-9-21/h3-15,18,28H,1-2H3. The van der Waals surface area contributed by atoms with Gasteiger partial charge in [0.2, 0.25) is 10.0 Å². The van der Waals surface area contributed by atoms with Crippen molar-refractivity contribution in [3.63, 3.8) is 0 Å². The molecule has 0 aliphatic carbocycles. The summed E-state index contributed by atoms with van der Waals surface area (Å²) in [5, 5.41) is 11.9. The normalized spacial score (nSPS) is 11.0. The molecule has 0 heterocycles. The van der Waals surface area contributed by atoms with Crippen LogP contribution in [0.3, 0.4) is 0 Å². The minimum atomic E-state index is -3.59. The highest BCUT2D eigenvalue weighted by Crippen LogP contribution is 2.35. The Labute approximate surface area is 182 Å². The molecule has 0 spiro atoms. The lowest BCUT2D eigenvalue weighted by atomic mass is 9.93. The highest BCUT2D eigenvalue weighted by atomic mass is 32.2. The van der Waals surface area contributed by atoms with Crippen LogP contribution in [-0.2, 0) is 10.0 Å². The summed E-state index contributed by atoms with van der Waals surface area (Å²) in [6.07, 6.45) is 1.14. The third kappa shape index (κ3) is 4.25. The molecule has 0 atom stereocenters. The van der Waals surface area contributed by atoms with Gasteiger partial charge in [-0.3, -0.25) is 0 Å². The third-order valence-electron chi connectivity index (χ3n) is 4.98. The number of aromatic hydroxyl groups is 1. The fraction of sp³-hybridized carbons (Fsp3) is 0.0769. The van der Waals surface area contributed by atoms with Gasteiger partial charge in [0.15, 0.2) is 0 Å². The van der Waals surface area contributed by atoms with Crippen molar-refractivity contribution in [3.05, 3.63) is 96.1 Å². The number of phenolic OH excluding ortho intramolecular Hbond substituents is 1. The van der Waals surface area contributed by atoms with Crippen LogP contribution in [0.25, 0.3) is 21.9 Å². The summed E-state index contributed by atoms with van der Waals surface area (Å²) >= 11 is 0. The number of fused-ring (bicyclic) bond motifs is 1. The summed E-state index contributed by atoms with van der Waals surface area (Å²) in [6.45, 7) is 1.97. The fourth-order valence-corrected chi connectivity index (χ4v) is 4.24. The van der Waals surface area contributed by atoms with E-state index in [1.54, 1.807) is 30.3 Å². The molecule has 4 aromatic carbocycles. The number of hydrogen-bond acceptors (Lipinski definition) is 3. The van der Waals surface area contributed by atoms with Gasteiger partial charge in [-0.15, -0.1) is 0 Å². The zero-order valence-electron chi connectivity index (χ0n) is 17.2. The van der Waals surface area contributed by atoms with Crippen LogP contribution < -0.4 is 4.31 Å². The first-order valence-corrected chi connectivity index (χ1v) is 11.6. The maximum atomic E-state index is 12.4. The summed E-state index contributed by atoms with van der Waals surface area (Å²) in [4.78, 5) is 0. The molecule has 0 saturated heterocycles. The largest absolute Gasteiger partial charge is 0.507 e. The van der Waals surface area contributed by atoms with Crippen LogP contribution >= 0.6 is 0 Å². The molecule has 0 radical (unpaired) electrons. The number of para-hydroxylation sites is 1. The van der Waals surface area contributed by atoms with E-state index in [2.05, 4.69) is 12.0 Å². The van der Waals surface area contributed by atoms with E-state index in [-0.39, 0.29) is 5.75 Å². The number of benzene rings is 4. The molecule has 4 rings (SSSR count). The maximum Gasteiger partial charge on any atom is 0.243 e. The van der Waals surface area contributed by atoms with Gasteiger partial charge in [0, 0.05) is 17.0 Å². The van der Waals surface area contributed by atoms with Crippen molar-refractivity contribution in [2.24, 2.45) is 0 Å². The first-order valence-electron chi connectivity index (χ1n) is 9.73. The van der Waals surface area contributed by atoms with E-state index in [1.165, 1.54) is 0 Å². The van der Waals surface area contributed by atoms with Crippen LogP contribution in [0.4, 0.5) is 5.69 Å². The number of sulfonamides is 1. The number of nitrogens with zero attached hydrogens (tertiary/aromatic N) is 1. The second kappa shape index (κ2) is 8.17. The van der Waals surface area contributed by atoms with Gasteiger partial charge in [0.25, 0.3) is 0 Å². The Kier molecular flexibility index (Phi) is 5.41. The molecule has 0 unspecified atom stereocenters. The predicted octanol–water partition coefficient (Wildman–Crippen LogP) is 5.30. The van der Waals surface area contributed by atoms with E-state index in [9.17, 15) is 13.5 Å². The molecule has 4 aromatic rings. The van der Waals surface area contributed by atoms with Gasteiger partial charge in [-0.05, 0) is 59.2 Å². The summed E-state index contributed by atoms with van der Waals surface area (Å²) in [5.74, 6) is 3.29. The van der Waals surface area contributed by atoms with Crippen LogP contribution in [0, 0.1) is 18.9 Å². The lowest BCUT2D eigenvalue weighted by Crippen LogP contribution is -2.24. The van der Waals surface area contributed by atoms with Gasteiger partial charge in [-0.25, -0.2) is 8.42 Å². The van der Waals surface area contributed by atoms with Gasteiger partial charge in [0.05, 0.1) is 11.9 Å². The Bertz CT molecular complexity index is 1430. The number of phenols is 1. The maximum absolute atomic E-state index is 12.4. The van der Waals surface area contributed by atoms with Crippen LogP contribution in [-0.4, -0.2) is 19.8 Å². The lowest BCUT2D eigenvalue weighted by molar-refractivity contribution is 0.481. The molecule has 5 heteroatoms. The zero-order valence-corrected chi connectivity index (χ0v) is 18.0. The highest BCUT2D eigenvalue weighted by molar-refractivity contribution is 7.92. The van der Waals surface area contributed by atoms with E-state index < -0.39 is 10.0 Å². The molecule has 0 bridgehead atoms. The molecular formula is C26H21NO3S. The molecule has 31 heavy (non-hydrogen) atoms. The van der Waals surface area contributed by atoms with Gasteiger partial charge >= 0.3 is 0 Å². The Morgan fingerprint density at radius 3 is 2.16 bits per heavy atom. The van der Waals surface area contributed by atoms with E-state index >= 15 is 0 Å². The van der Waals surface area contributed by atoms with Crippen molar-refractivity contribution < 1.29 is 13.5 Å². The predicted molar refractivity (Wildman–Crippen MR) is 126 cm³/mol. The Hall–Kier alpha value is -3.75. The monoisotopic (exact) mass is 427 g/mol. The average Bonchev–Trinajstić information content (AvgIpc) is 2.75. The van der Waals surface area contributed by atoms with Crippen LogP contribution in [0.2, 0.25) is 0 Å². The summed E-state index contributed by atoms with van der Waals surface area (Å²) in [5.41, 5.74) is 4.00. The number of hydrogen-bond donors (Lipinski definition) is 1. The van der Waals surface area contributed by atoms with Crippen LogP contribution in [0.1, 0.15) is 11.1 Å². The second-order valence-electron chi connectivity index (χ2n) is 7.33. The third-order valence-corrected chi connectivity index (χ3v) is 5.95. The molecule has 0 aliphatic rings. The molecule has 4 nitrogen and oxygen atoms in total. The van der Waals surface area contributed by atoms with Crippen molar-refractivity contribution >= 4 is 26.5 Å². The topological polar surface area (TPSA) is 57.6 Å². The van der Waals surface area contributed by atoms with E-state index in [1.807, 2.05) is 61.5 Å². The summed E-state index contributed by atoms with van der Waals surface area (Å²) in [7, 11) is -3.59. The first kappa shape index (κ1) is 20.5. The second-order valence-corrected chi connectivity index (χ2v) is 9.16. The zero-order chi connectivity index (χ0) is 22.0. The van der Waals surface area contributed by atoms with E-state index in [0.717, 1.165) is 38.0 Å². The van der Waals surface area contributed by atoms with Crippen LogP contribution in [0.5, 0.6) is 5.75 Å². The van der Waals surface area contributed by atoms with Crippen molar-refractivity contribution in [1.29, 1.82) is 0 Å². The van der Waals surface area contributed by atoms with Crippen molar-refractivity contribution in [3.8, 4) is 28.8 Å². The van der Waals surface area contributed by atoms with Gasteiger partial charge in [-0.1, -0.05) is 60.7 Å². The molecular weight excluding hydrogens is 406 g/mol. The summed E-state index contributed by atoms with van der Waals surface area (Å²) in [6, 6.07) is 28.7. The smallest absolute Gasteiger partial charge is 0.243 e. The Balaban J connectivity index is 1.90. The number of rotatable bonds is 3. The van der Waals surface area contributed by atoms with Gasteiger partial charge < -0.3 is 5.11 Å². The lowest BCUT2D eigenvalue weighted by Gasteiger charge is -2.15. The fourth-order valence-electron chi connectivity index (χ4n) is 3.53. The average molecular weight is 428 g/mol. The van der Waals surface area contributed by atoms with Crippen molar-refractivity contribution in [2.75, 3.05) is 10.6 Å². The molecule has 0 saturated carbocycles. The van der Waals surface area contributed by atoms with Crippen molar-refractivity contribution in [2.45, 2.75) is 6.92 Å². The van der Waals surface area contributed by atoms with Crippen molar-refractivity contribution in [1.82, 2.24) is 0 Å². The van der Waals surface area contributed by atoms with E-state index in [4.69, 9.17) is 0 Å². The van der Waals surface area contributed by atoms with Crippen LogP contribution in [0.15, 0.2) is 84.9 Å². The molecule has 0 aliphatic heterocycles. The van der Waals surface area contributed by atoms with Gasteiger partial charge in [0.1, 0.15) is 5.75 Å². The first-order chi connectivity index (χ1) is 14.8. The Morgan fingerprint density at radius 1 is 0.806 bits per heavy atom. The van der Waals surface area contributed by atoms with E-state index in [0.29, 0.717) is 11.3 Å². The quantitative estimate of drug-likeness (QED) is 0.357. The molecule has 154 valence electrons. The van der Waals surface area contributed by atoms with Gasteiger partial charge in [-0.2, -0.15) is 4.31 Å². The highest BCUT2D eigenvalue weighted by Gasteiger charge is 2.15. The molecule has 0 fully saturated rings.